The molecule has 2 aliphatic rings. The Kier molecular flexibility index (Phi) is 6.52. The lowest BCUT2D eigenvalue weighted by molar-refractivity contribution is 0.130. The van der Waals surface area contributed by atoms with Gasteiger partial charge in [-0.25, -0.2) is 13.5 Å². The molecule has 1 saturated heterocycles. The van der Waals surface area contributed by atoms with Crippen LogP contribution in [0.2, 0.25) is 0 Å². The molecular weight excluding hydrogens is 452 g/mol. The van der Waals surface area contributed by atoms with Crippen LogP contribution in [0, 0.1) is 11.6 Å². The standard InChI is InChI=1S/C26H27F2N5S/c1-17-9-4-3-5-10-18(15-23(17)32-13-8-14-32)29-21-16-19(27)26(34-2)24(28)25(21)33-22-12-7-6-11-20(22)30-31-33/h3-7,9,11-12,16,18,23,29H,1,8,10,13-15H2,2H3/b5-3-,9-4-. The number of rotatable bonds is 5. The van der Waals surface area contributed by atoms with Crippen LogP contribution < -0.4 is 5.32 Å². The number of allylic oxidation sites excluding steroid dienone is 2. The maximum Gasteiger partial charge on any atom is 0.167 e. The first kappa shape index (κ1) is 22.8. The Morgan fingerprint density at radius 3 is 2.76 bits per heavy atom. The van der Waals surface area contributed by atoms with Crippen LogP contribution in [-0.2, 0) is 0 Å². The number of hydrogen-bond donors (Lipinski definition) is 1. The van der Waals surface area contributed by atoms with Gasteiger partial charge in [-0.15, -0.1) is 16.9 Å². The maximum atomic E-state index is 15.7. The minimum absolute atomic E-state index is 0.0365. The van der Waals surface area contributed by atoms with E-state index in [1.165, 1.54) is 17.2 Å². The quantitative estimate of drug-likeness (QED) is 0.473. The minimum atomic E-state index is -0.644. The summed E-state index contributed by atoms with van der Waals surface area (Å²) in [6, 6.07) is 8.87. The predicted octanol–water partition coefficient (Wildman–Crippen LogP) is 5.74. The van der Waals surface area contributed by atoms with Crippen molar-refractivity contribution in [2.75, 3.05) is 24.7 Å². The molecule has 2 heterocycles. The van der Waals surface area contributed by atoms with E-state index in [0.29, 0.717) is 23.1 Å². The van der Waals surface area contributed by atoms with E-state index in [9.17, 15) is 4.39 Å². The summed E-state index contributed by atoms with van der Waals surface area (Å²) in [5, 5.41) is 11.9. The molecule has 0 saturated carbocycles. The Morgan fingerprint density at radius 2 is 2.00 bits per heavy atom. The van der Waals surface area contributed by atoms with Crippen molar-refractivity contribution in [2.24, 2.45) is 0 Å². The van der Waals surface area contributed by atoms with Crippen LogP contribution in [0.5, 0.6) is 0 Å². The van der Waals surface area contributed by atoms with Crippen molar-refractivity contribution in [3.8, 4) is 5.69 Å². The Bertz CT molecular complexity index is 1280. The largest absolute Gasteiger partial charge is 0.380 e. The van der Waals surface area contributed by atoms with Gasteiger partial charge < -0.3 is 5.32 Å². The van der Waals surface area contributed by atoms with E-state index >= 15 is 4.39 Å². The zero-order chi connectivity index (χ0) is 23.7. The first-order valence-corrected chi connectivity index (χ1v) is 12.7. The average molecular weight is 480 g/mol. The van der Waals surface area contributed by atoms with Crippen LogP contribution in [0.3, 0.4) is 0 Å². The van der Waals surface area contributed by atoms with Gasteiger partial charge in [0.2, 0.25) is 0 Å². The second kappa shape index (κ2) is 9.72. The lowest BCUT2D eigenvalue weighted by Crippen LogP contribution is -2.47. The molecule has 0 amide bonds. The van der Waals surface area contributed by atoms with Crippen LogP contribution in [0.25, 0.3) is 16.7 Å². The molecule has 2 atom stereocenters. The summed E-state index contributed by atoms with van der Waals surface area (Å²) in [6.07, 6.45) is 12.5. The van der Waals surface area contributed by atoms with Crippen molar-refractivity contribution in [2.45, 2.75) is 36.2 Å². The van der Waals surface area contributed by atoms with Gasteiger partial charge in [0, 0.05) is 18.2 Å². The monoisotopic (exact) mass is 479 g/mol. The fourth-order valence-corrected chi connectivity index (χ4v) is 5.16. The zero-order valence-electron chi connectivity index (χ0n) is 19.0. The number of thioether (sulfide) groups is 1. The van der Waals surface area contributed by atoms with Gasteiger partial charge in [-0.1, -0.05) is 48.2 Å². The Hall–Kier alpha value is -2.97. The molecule has 1 aliphatic heterocycles. The number of anilines is 1. The van der Waals surface area contributed by atoms with E-state index in [2.05, 4.69) is 39.3 Å². The van der Waals surface area contributed by atoms with Gasteiger partial charge in [0.25, 0.3) is 0 Å². The van der Waals surface area contributed by atoms with Crippen molar-refractivity contribution in [3.63, 3.8) is 0 Å². The molecule has 3 aromatic rings. The summed E-state index contributed by atoms with van der Waals surface area (Å²) in [4.78, 5) is 2.38. The summed E-state index contributed by atoms with van der Waals surface area (Å²) in [6.45, 7) is 6.37. The smallest absolute Gasteiger partial charge is 0.167 e. The fraction of sp³-hybridized carbons (Fsp3) is 0.308. The lowest BCUT2D eigenvalue weighted by atomic mass is 9.94. The molecule has 0 bridgehead atoms. The summed E-state index contributed by atoms with van der Waals surface area (Å²) < 4.78 is 32.2. The Balaban J connectivity index is 1.57. The summed E-state index contributed by atoms with van der Waals surface area (Å²) >= 11 is 1.04. The summed E-state index contributed by atoms with van der Waals surface area (Å²) in [7, 11) is 0. The van der Waals surface area contributed by atoms with Crippen LogP contribution in [0.4, 0.5) is 14.5 Å². The number of fused-ring (bicyclic) bond motifs is 1. The molecule has 1 N–H and O–H groups in total. The number of para-hydroxylation sites is 1. The molecule has 1 aromatic heterocycles. The third-order valence-electron chi connectivity index (χ3n) is 6.52. The zero-order valence-corrected chi connectivity index (χ0v) is 19.9. The molecule has 2 unspecified atom stereocenters. The van der Waals surface area contributed by atoms with Crippen LogP contribution in [0.15, 0.2) is 71.7 Å². The topological polar surface area (TPSA) is 46.0 Å². The van der Waals surface area contributed by atoms with Gasteiger partial charge in [-0.3, -0.25) is 4.90 Å². The van der Waals surface area contributed by atoms with Crippen LogP contribution in [0.1, 0.15) is 19.3 Å². The van der Waals surface area contributed by atoms with E-state index in [-0.39, 0.29) is 22.7 Å². The van der Waals surface area contributed by atoms with Gasteiger partial charge in [0.05, 0.1) is 16.1 Å². The van der Waals surface area contributed by atoms with E-state index in [1.807, 2.05) is 36.4 Å². The molecule has 34 heavy (non-hydrogen) atoms. The SMILES string of the molecule is C=C1/C=C\C=C/CC(Nc2cc(F)c(SC)c(F)c2-n2nnc3ccccc32)CC1N1CCC1. The summed E-state index contributed by atoms with van der Waals surface area (Å²) in [5.74, 6) is -1.24. The highest BCUT2D eigenvalue weighted by molar-refractivity contribution is 7.98. The van der Waals surface area contributed by atoms with Crippen molar-refractivity contribution >= 4 is 28.5 Å². The van der Waals surface area contributed by atoms with E-state index in [0.717, 1.165) is 36.8 Å². The van der Waals surface area contributed by atoms with Crippen molar-refractivity contribution in [1.29, 1.82) is 0 Å². The second-order valence-electron chi connectivity index (χ2n) is 8.67. The average Bonchev–Trinajstić information content (AvgIpc) is 3.23. The van der Waals surface area contributed by atoms with Gasteiger partial charge in [-0.2, -0.15) is 0 Å². The van der Waals surface area contributed by atoms with E-state index < -0.39 is 11.6 Å². The molecule has 5 nitrogen and oxygen atoms in total. The second-order valence-corrected chi connectivity index (χ2v) is 9.49. The molecule has 0 spiro atoms. The highest BCUT2D eigenvalue weighted by Gasteiger charge is 2.29. The molecule has 0 radical (unpaired) electrons. The highest BCUT2D eigenvalue weighted by atomic mass is 32.2. The Labute approximate surface area is 202 Å². The predicted molar refractivity (Wildman–Crippen MR) is 135 cm³/mol. The van der Waals surface area contributed by atoms with Crippen molar-refractivity contribution in [3.05, 3.63) is 78.4 Å². The van der Waals surface area contributed by atoms with Gasteiger partial charge in [0.15, 0.2) is 5.82 Å². The van der Waals surface area contributed by atoms with Crippen LogP contribution >= 0.6 is 11.8 Å². The minimum Gasteiger partial charge on any atom is -0.380 e. The normalized spacial score (nSPS) is 23.1. The number of nitrogens with one attached hydrogen (secondary N) is 1. The molecule has 8 heteroatoms. The van der Waals surface area contributed by atoms with Gasteiger partial charge in [-0.05, 0) is 56.3 Å². The molecule has 1 fully saturated rings. The fourth-order valence-electron chi connectivity index (χ4n) is 4.63. The summed E-state index contributed by atoms with van der Waals surface area (Å²) in [5.41, 5.74) is 2.90. The van der Waals surface area contributed by atoms with Gasteiger partial charge >= 0.3 is 0 Å². The molecule has 5 rings (SSSR count). The van der Waals surface area contributed by atoms with Crippen LogP contribution in [-0.4, -0.2) is 51.3 Å². The molecular formula is C26H27F2N5S. The number of hydrogen-bond acceptors (Lipinski definition) is 5. The first-order chi connectivity index (χ1) is 16.6. The first-order valence-electron chi connectivity index (χ1n) is 11.5. The number of likely N-dealkylation sites (tertiary alicyclic amines) is 1. The number of benzene rings is 2. The Morgan fingerprint density at radius 1 is 1.18 bits per heavy atom. The highest BCUT2D eigenvalue weighted by Crippen LogP contribution is 2.36. The third-order valence-corrected chi connectivity index (χ3v) is 7.31. The van der Waals surface area contributed by atoms with E-state index in [1.54, 1.807) is 6.26 Å². The maximum absolute atomic E-state index is 15.7. The van der Waals surface area contributed by atoms with E-state index in [4.69, 9.17) is 0 Å². The lowest BCUT2D eigenvalue weighted by Gasteiger charge is -2.40. The van der Waals surface area contributed by atoms with Gasteiger partial charge in [0.1, 0.15) is 17.0 Å². The number of nitrogens with zero attached hydrogens (tertiary/aromatic N) is 4. The van der Waals surface area contributed by atoms with Crippen molar-refractivity contribution < 1.29 is 8.78 Å². The number of halogens is 2. The molecule has 2 aromatic carbocycles. The molecule has 176 valence electrons. The molecule has 1 aliphatic carbocycles. The third kappa shape index (κ3) is 4.28. The number of aromatic nitrogens is 3. The van der Waals surface area contributed by atoms with Crippen molar-refractivity contribution in [1.82, 2.24) is 19.9 Å².